The van der Waals surface area contributed by atoms with Crippen molar-refractivity contribution in [3.63, 3.8) is 0 Å². The van der Waals surface area contributed by atoms with Crippen molar-refractivity contribution >= 4 is 11.9 Å². The first-order valence-corrected chi connectivity index (χ1v) is 6.46. The molecule has 2 aliphatic carbocycles. The zero-order valence-electron chi connectivity index (χ0n) is 11.1. The molecule has 0 saturated heterocycles. The fraction of sp³-hybridized carbons (Fsp3) is 0.714. The van der Waals surface area contributed by atoms with Gasteiger partial charge in [0.15, 0.2) is 0 Å². The Morgan fingerprint density at radius 2 is 2.00 bits per heavy atom. The summed E-state index contributed by atoms with van der Waals surface area (Å²) in [5.74, 6) is -1.29. The molecule has 0 aromatic rings. The number of hydrogen-bond donors (Lipinski definition) is 1. The van der Waals surface area contributed by atoms with Crippen LogP contribution >= 0.6 is 0 Å². The molecular weight excluding hydrogens is 232 g/mol. The molecule has 0 aromatic carbocycles. The molecule has 1 fully saturated rings. The maximum absolute atomic E-state index is 12.2. The van der Waals surface area contributed by atoms with Crippen LogP contribution in [-0.2, 0) is 14.3 Å². The molecule has 4 heteroatoms. The third-order valence-corrected chi connectivity index (χ3v) is 3.76. The van der Waals surface area contributed by atoms with Crippen LogP contribution in [0, 0.1) is 17.8 Å². The molecule has 0 spiro atoms. The molecule has 0 heterocycles. The van der Waals surface area contributed by atoms with Crippen molar-refractivity contribution in [3.8, 4) is 0 Å². The topological polar surface area (TPSA) is 63.6 Å². The lowest BCUT2D eigenvalue weighted by atomic mass is 9.78. The molecule has 3 unspecified atom stereocenters. The molecule has 100 valence electrons. The number of esters is 1. The van der Waals surface area contributed by atoms with Gasteiger partial charge in [0.25, 0.3) is 0 Å². The Bertz CT molecular complexity index is 403. The molecule has 1 saturated carbocycles. The second kappa shape index (κ2) is 4.41. The van der Waals surface area contributed by atoms with Crippen LogP contribution in [0.15, 0.2) is 11.6 Å². The van der Waals surface area contributed by atoms with E-state index in [1.165, 1.54) is 0 Å². The van der Waals surface area contributed by atoms with Crippen LogP contribution in [0.1, 0.15) is 40.0 Å². The molecule has 0 radical (unpaired) electrons. The van der Waals surface area contributed by atoms with Gasteiger partial charge in [-0.3, -0.25) is 4.79 Å². The van der Waals surface area contributed by atoms with Crippen molar-refractivity contribution in [1.29, 1.82) is 0 Å². The van der Waals surface area contributed by atoms with E-state index in [-0.39, 0.29) is 23.7 Å². The predicted octanol–water partition coefficient (Wildman–Crippen LogP) is 2.39. The monoisotopic (exact) mass is 252 g/mol. The predicted molar refractivity (Wildman–Crippen MR) is 65.9 cm³/mol. The molecule has 2 bridgehead atoms. The number of fused-ring (bicyclic) bond motifs is 2. The first kappa shape index (κ1) is 13.1. The smallest absolute Gasteiger partial charge is 0.331 e. The Hall–Kier alpha value is -1.32. The van der Waals surface area contributed by atoms with Crippen molar-refractivity contribution < 1.29 is 19.4 Å². The Labute approximate surface area is 107 Å². The van der Waals surface area contributed by atoms with Gasteiger partial charge < -0.3 is 9.84 Å². The number of aliphatic carboxylic acids is 1. The van der Waals surface area contributed by atoms with E-state index < -0.39 is 11.6 Å². The zero-order chi connectivity index (χ0) is 13.5. The maximum Gasteiger partial charge on any atom is 0.331 e. The molecule has 0 aliphatic heterocycles. The normalized spacial score (nSPS) is 30.8. The van der Waals surface area contributed by atoms with Gasteiger partial charge in [-0.05, 0) is 46.0 Å². The van der Waals surface area contributed by atoms with Crippen LogP contribution in [-0.4, -0.2) is 22.6 Å². The summed E-state index contributed by atoms with van der Waals surface area (Å²) in [5, 5.41) is 9.17. The molecule has 1 N–H and O–H groups in total. The molecule has 2 aliphatic rings. The van der Waals surface area contributed by atoms with Gasteiger partial charge in [0.05, 0.1) is 5.92 Å². The van der Waals surface area contributed by atoms with Gasteiger partial charge >= 0.3 is 11.9 Å². The van der Waals surface area contributed by atoms with Gasteiger partial charge in [-0.25, -0.2) is 4.79 Å². The molecular formula is C14H20O4. The summed E-state index contributed by atoms with van der Waals surface area (Å²) in [7, 11) is 0. The minimum Gasteiger partial charge on any atom is -0.478 e. The number of allylic oxidation sites excluding steroid dienone is 1. The third kappa shape index (κ3) is 2.42. The SMILES string of the molecule is CC(C)(C)OC(=O)C1C2CC=C(C(=O)O)C1CC2. The quantitative estimate of drug-likeness (QED) is 0.766. The van der Waals surface area contributed by atoms with Crippen LogP contribution in [0.4, 0.5) is 0 Å². The number of carboxylic acid groups (broad SMARTS) is 1. The Kier molecular flexibility index (Phi) is 3.21. The van der Waals surface area contributed by atoms with E-state index in [2.05, 4.69) is 0 Å². The summed E-state index contributed by atoms with van der Waals surface area (Å²) in [5.41, 5.74) is -0.110. The van der Waals surface area contributed by atoms with E-state index in [0.29, 0.717) is 12.0 Å². The van der Waals surface area contributed by atoms with Crippen LogP contribution < -0.4 is 0 Å². The summed E-state index contributed by atoms with van der Waals surface area (Å²) in [6, 6.07) is 0. The van der Waals surface area contributed by atoms with Gasteiger partial charge in [-0.15, -0.1) is 0 Å². The van der Waals surface area contributed by atoms with Crippen molar-refractivity contribution in [2.45, 2.75) is 45.6 Å². The Morgan fingerprint density at radius 1 is 1.33 bits per heavy atom. The van der Waals surface area contributed by atoms with Crippen molar-refractivity contribution in [2.75, 3.05) is 0 Å². The van der Waals surface area contributed by atoms with Crippen molar-refractivity contribution in [2.24, 2.45) is 17.8 Å². The summed E-state index contributed by atoms with van der Waals surface area (Å²) in [6.45, 7) is 5.51. The number of ether oxygens (including phenoxy) is 1. The highest BCUT2D eigenvalue weighted by atomic mass is 16.6. The molecule has 0 aromatic heterocycles. The minimum atomic E-state index is -0.895. The fourth-order valence-corrected chi connectivity index (χ4v) is 3.10. The van der Waals surface area contributed by atoms with E-state index >= 15 is 0 Å². The van der Waals surface area contributed by atoms with E-state index in [4.69, 9.17) is 4.74 Å². The number of carbonyl (C=O) groups is 2. The number of carbonyl (C=O) groups excluding carboxylic acids is 1. The lowest BCUT2D eigenvalue weighted by molar-refractivity contribution is -0.162. The molecule has 4 nitrogen and oxygen atoms in total. The maximum atomic E-state index is 12.2. The first-order chi connectivity index (χ1) is 8.29. The van der Waals surface area contributed by atoms with Gasteiger partial charge in [-0.1, -0.05) is 6.08 Å². The Balaban J connectivity index is 2.18. The standard InChI is InChI=1S/C14H20O4/c1-14(2,3)18-13(17)11-8-4-6-9(11)10(7-5-8)12(15)16/h7-9,11H,4-6H2,1-3H3,(H,15,16). The highest BCUT2D eigenvalue weighted by Crippen LogP contribution is 2.47. The number of hydrogen-bond acceptors (Lipinski definition) is 3. The zero-order valence-corrected chi connectivity index (χ0v) is 11.1. The summed E-state index contributed by atoms with van der Waals surface area (Å²) >= 11 is 0. The van der Waals surface area contributed by atoms with Crippen LogP contribution in [0.5, 0.6) is 0 Å². The van der Waals surface area contributed by atoms with Crippen LogP contribution in [0.3, 0.4) is 0 Å². The molecule has 3 atom stereocenters. The van der Waals surface area contributed by atoms with Crippen molar-refractivity contribution in [1.82, 2.24) is 0 Å². The van der Waals surface area contributed by atoms with Gasteiger partial charge in [0.1, 0.15) is 5.60 Å². The number of carboxylic acids is 1. The third-order valence-electron chi connectivity index (χ3n) is 3.76. The van der Waals surface area contributed by atoms with E-state index in [0.717, 1.165) is 12.8 Å². The molecule has 0 amide bonds. The highest BCUT2D eigenvalue weighted by molar-refractivity contribution is 5.89. The van der Waals surface area contributed by atoms with Crippen LogP contribution in [0.25, 0.3) is 0 Å². The second-order valence-corrected chi connectivity index (χ2v) is 6.20. The summed E-state index contributed by atoms with van der Waals surface area (Å²) < 4.78 is 5.43. The lowest BCUT2D eigenvalue weighted by Gasteiger charge is -2.30. The van der Waals surface area contributed by atoms with Crippen molar-refractivity contribution in [3.05, 3.63) is 11.6 Å². The molecule has 18 heavy (non-hydrogen) atoms. The summed E-state index contributed by atoms with van der Waals surface area (Å²) in [4.78, 5) is 23.4. The highest BCUT2D eigenvalue weighted by Gasteiger charge is 2.47. The first-order valence-electron chi connectivity index (χ1n) is 6.46. The van der Waals surface area contributed by atoms with Crippen LogP contribution in [0.2, 0.25) is 0 Å². The fourth-order valence-electron chi connectivity index (χ4n) is 3.10. The number of rotatable bonds is 2. The van der Waals surface area contributed by atoms with E-state index in [1.807, 2.05) is 20.8 Å². The van der Waals surface area contributed by atoms with Gasteiger partial charge in [0.2, 0.25) is 0 Å². The lowest BCUT2D eigenvalue weighted by Crippen LogP contribution is -2.36. The summed E-state index contributed by atoms with van der Waals surface area (Å²) in [6.07, 6.45) is 4.17. The Morgan fingerprint density at radius 3 is 2.56 bits per heavy atom. The van der Waals surface area contributed by atoms with Gasteiger partial charge in [0, 0.05) is 11.5 Å². The van der Waals surface area contributed by atoms with E-state index in [1.54, 1.807) is 6.08 Å². The van der Waals surface area contributed by atoms with Gasteiger partial charge in [-0.2, -0.15) is 0 Å². The minimum absolute atomic E-state index is 0.156. The second-order valence-electron chi connectivity index (χ2n) is 6.20. The average Bonchev–Trinajstić information content (AvgIpc) is 2.49. The average molecular weight is 252 g/mol. The molecule has 2 rings (SSSR count). The van der Waals surface area contributed by atoms with E-state index in [9.17, 15) is 14.7 Å². The largest absolute Gasteiger partial charge is 0.478 e.